The number of rotatable bonds is 5. The maximum Gasteiger partial charge on any atom is 0.234 e. The minimum absolute atomic E-state index is 0.160. The Morgan fingerprint density at radius 1 is 1.04 bits per heavy atom. The lowest BCUT2D eigenvalue weighted by molar-refractivity contribution is -0.122. The van der Waals surface area contributed by atoms with Gasteiger partial charge in [0.05, 0.1) is 19.8 Å². The summed E-state index contributed by atoms with van der Waals surface area (Å²) in [5.74, 6) is 2.10. The molecule has 1 N–H and O–H groups in total. The number of nitrogens with zero attached hydrogens (tertiary/aromatic N) is 5. The van der Waals surface area contributed by atoms with Gasteiger partial charge in [0.25, 0.3) is 0 Å². The third kappa shape index (κ3) is 4.38. The van der Waals surface area contributed by atoms with Crippen LogP contribution in [0.3, 0.4) is 0 Å². The van der Waals surface area contributed by atoms with Crippen molar-refractivity contribution in [1.29, 1.82) is 0 Å². The second-order valence-corrected chi connectivity index (χ2v) is 6.94. The molecule has 25 heavy (non-hydrogen) atoms. The van der Waals surface area contributed by atoms with Crippen molar-refractivity contribution in [1.82, 2.24) is 20.2 Å². The zero-order valence-electron chi connectivity index (χ0n) is 14.6. The molecule has 1 aliphatic carbocycles. The highest BCUT2D eigenvalue weighted by molar-refractivity contribution is 5.78. The van der Waals surface area contributed by atoms with E-state index in [-0.39, 0.29) is 5.91 Å². The summed E-state index contributed by atoms with van der Waals surface area (Å²) in [6, 6.07) is 2.51. The van der Waals surface area contributed by atoms with Crippen LogP contribution in [-0.2, 0) is 9.53 Å². The van der Waals surface area contributed by atoms with Crippen LogP contribution in [0.5, 0.6) is 0 Å². The van der Waals surface area contributed by atoms with Crippen LogP contribution in [0, 0.1) is 0 Å². The molecular formula is C17H26N6O2. The smallest absolute Gasteiger partial charge is 0.234 e. The van der Waals surface area contributed by atoms with Crippen molar-refractivity contribution in [3.05, 3.63) is 12.4 Å². The molecule has 2 saturated heterocycles. The van der Waals surface area contributed by atoms with Crippen LogP contribution in [0.15, 0.2) is 12.4 Å². The molecule has 0 aromatic carbocycles. The Kier molecular flexibility index (Phi) is 4.98. The molecule has 0 radical (unpaired) electrons. The van der Waals surface area contributed by atoms with E-state index in [0.717, 1.165) is 77.0 Å². The summed E-state index contributed by atoms with van der Waals surface area (Å²) in [7, 11) is 0. The largest absolute Gasteiger partial charge is 0.378 e. The lowest BCUT2D eigenvalue weighted by Crippen LogP contribution is -2.50. The minimum atomic E-state index is 0.160. The summed E-state index contributed by atoms with van der Waals surface area (Å²) < 4.78 is 5.41. The highest BCUT2D eigenvalue weighted by Crippen LogP contribution is 2.20. The van der Waals surface area contributed by atoms with Gasteiger partial charge in [0.2, 0.25) is 5.91 Å². The molecule has 3 heterocycles. The molecule has 0 unspecified atom stereocenters. The van der Waals surface area contributed by atoms with Gasteiger partial charge in [-0.15, -0.1) is 0 Å². The van der Waals surface area contributed by atoms with E-state index in [1.807, 2.05) is 0 Å². The van der Waals surface area contributed by atoms with Gasteiger partial charge in [-0.25, -0.2) is 9.97 Å². The molecule has 136 valence electrons. The SMILES string of the molecule is O=C(CN1CCN(c2cc(N3CCOCC3)ncn2)CC1)NC1CC1. The summed E-state index contributed by atoms with van der Waals surface area (Å²) in [4.78, 5) is 27.5. The van der Waals surface area contributed by atoms with E-state index in [9.17, 15) is 4.79 Å². The van der Waals surface area contributed by atoms with Crippen molar-refractivity contribution in [2.75, 3.05) is 68.8 Å². The number of amides is 1. The van der Waals surface area contributed by atoms with Crippen LogP contribution < -0.4 is 15.1 Å². The third-order valence-corrected chi connectivity index (χ3v) is 4.98. The highest BCUT2D eigenvalue weighted by atomic mass is 16.5. The fourth-order valence-electron chi connectivity index (χ4n) is 3.31. The maximum absolute atomic E-state index is 11.9. The second kappa shape index (κ2) is 7.53. The van der Waals surface area contributed by atoms with E-state index < -0.39 is 0 Å². The van der Waals surface area contributed by atoms with E-state index in [4.69, 9.17) is 4.74 Å². The van der Waals surface area contributed by atoms with Crippen molar-refractivity contribution in [2.24, 2.45) is 0 Å². The molecule has 3 aliphatic rings. The van der Waals surface area contributed by atoms with Crippen molar-refractivity contribution in [3.63, 3.8) is 0 Å². The zero-order chi connectivity index (χ0) is 17.1. The van der Waals surface area contributed by atoms with Gasteiger partial charge in [0.1, 0.15) is 18.0 Å². The van der Waals surface area contributed by atoms with Crippen molar-refractivity contribution in [2.45, 2.75) is 18.9 Å². The molecule has 4 rings (SSSR count). The lowest BCUT2D eigenvalue weighted by Gasteiger charge is -2.35. The summed E-state index contributed by atoms with van der Waals surface area (Å²) in [5.41, 5.74) is 0. The molecule has 1 aromatic rings. The topological polar surface area (TPSA) is 73.8 Å². The summed E-state index contributed by atoms with van der Waals surface area (Å²) >= 11 is 0. The van der Waals surface area contributed by atoms with Crippen LogP contribution in [0.2, 0.25) is 0 Å². The van der Waals surface area contributed by atoms with Gasteiger partial charge in [0, 0.05) is 51.4 Å². The first-order valence-corrected chi connectivity index (χ1v) is 9.19. The van der Waals surface area contributed by atoms with E-state index in [2.05, 4.69) is 36.1 Å². The Hall–Kier alpha value is -1.93. The number of morpholine rings is 1. The number of carbonyl (C=O) groups excluding carboxylic acids is 1. The van der Waals surface area contributed by atoms with Gasteiger partial charge in [-0.05, 0) is 12.8 Å². The molecule has 1 amide bonds. The Morgan fingerprint density at radius 3 is 2.32 bits per heavy atom. The van der Waals surface area contributed by atoms with Crippen LogP contribution in [-0.4, -0.2) is 85.8 Å². The van der Waals surface area contributed by atoms with E-state index in [0.29, 0.717) is 12.6 Å². The molecule has 1 aromatic heterocycles. The van der Waals surface area contributed by atoms with Gasteiger partial charge < -0.3 is 19.9 Å². The molecule has 2 aliphatic heterocycles. The Bertz CT molecular complexity index is 595. The van der Waals surface area contributed by atoms with Crippen LogP contribution in [0.25, 0.3) is 0 Å². The van der Waals surface area contributed by atoms with Gasteiger partial charge in [-0.1, -0.05) is 0 Å². The van der Waals surface area contributed by atoms with Gasteiger partial charge in [-0.3, -0.25) is 9.69 Å². The average molecular weight is 346 g/mol. The van der Waals surface area contributed by atoms with Gasteiger partial charge >= 0.3 is 0 Å². The second-order valence-electron chi connectivity index (χ2n) is 6.94. The van der Waals surface area contributed by atoms with Crippen molar-refractivity contribution in [3.8, 4) is 0 Å². The number of aromatic nitrogens is 2. The molecule has 8 nitrogen and oxygen atoms in total. The average Bonchev–Trinajstić information content (AvgIpc) is 3.47. The van der Waals surface area contributed by atoms with Crippen LogP contribution in [0.1, 0.15) is 12.8 Å². The predicted octanol–water partition coefficient (Wildman–Crippen LogP) is -0.286. The Labute approximate surface area is 148 Å². The maximum atomic E-state index is 11.9. The number of anilines is 2. The lowest BCUT2D eigenvalue weighted by atomic mass is 10.3. The highest BCUT2D eigenvalue weighted by Gasteiger charge is 2.25. The summed E-state index contributed by atoms with van der Waals surface area (Å²) in [5, 5.41) is 3.06. The Balaban J connectivity index is 1.30. The quantitative estimate of drug-likeness (QED) is 0.786. The molecule has 8 heteroatoms. The number of hydrogen-bond donors (Lipinski definition) is 1. The predicted molar refractivity (Wildman–Crippen MR) is 94.9 cm³/mol. The van der Waals surface area contributed by atoms with Crippen LogP contribution in [0.4, 0.5) is 11.6 Å². The fraction of sp³-hybridized carbons (Fsp3) is 0.706. The number of hydrogen-bond acceptors (Lipinski definition) is 7. The monoisotopic (exact) mass is 346 g/mol. The molecule has 0 atom stereocenters. The normalized spacial score (nSPS) is 22.1. The molecule has 3 fully saturated rings. The standard InChI is InChI=1S/C17H26N6O2/c24-17(20-14-1-2-14)12-21-3-5-22(6-4-21)15-11-16(19-13-18-15)23-7-9-25-10-8-23/h11,13-14H,1-10,12H2,(H,20,24). The summed E-state index contributed by atoms with van der Waals surface area (Å²) in [6.07, 6.45) is 3.92. The van der Waals surface area contributed by atoms with E-state index in [1.54, 1.807) is 6.33 Å². The number of carbonyl (C=O) groups is 1. The third-order valence-electron chi connectivity index (χ3n) is 4.98. The molecular weight excluding hydrogens is 320 g/mol. The molecule has 1 saturated carbocycles. The van der Waals surface area contributed by atoms with Crippen molar-refractivity contribution < 1.29 is 9.53 Å². The number of nitrogens with one attached hydrogen (secondary N) is 1. The van der Waals surface area contributed by atoms with E-state index in [1.165, 1.54) is 0 Å². The zero-order valence-corrected chi connectivity index (χ0v) is 14.6. The van der Waals surface area contributed by atoms with Crippen molar-refractivity contribution >= 4 is 17.5 Å². The first-order valence-electron chi connectivity index (χ1n) is 9.19. The summed E-state index contributed by atoms with van der Waals surface area (Å²) in [6.45, 7) is 7.30. The van der Waals surface area contributed by atoms with Gasteiger partial charge in [-0.2, -0.15) is 0 Å². The molecule has 0 spiro atoms. The minimum Gasteiger partial charge on any atom is -0.378 e. The number of ether oxygens (including phenoxy) is 1. The van der Waals surface area contributed by atoms with E-state index >= 15 is 0 Å². The first kappa shape index (κ1) is 16.5. The van der Waals surface area contributed by atoms with Gasteiger partial charge in [0.15, 0.2) is 0 Å². The number of piperazine rings is 1. The fourth-order valence-corrected chi connectivity index (χ4v) is 3.31. The molecule has 0 bridgehead atoms. The Morgan fingerprint density at radius 2 is 1.68 bits per heavy atom. The first-order chi connectivity index (χ1) is 12.3. The van der Waals surface area contributed by atoms with Crippen LogP contribution >= 0.6 is 0 Å².